The molecular formula is C12H16N2O5S. The van der Waals surface area contributed by atoms with Gasteiger partial charge < -0.3 is 4.74 Å². The highest BCUT2D eigenvalue weighted by molar-refractivity contribution is 7.89. The SMILES string of the molecule is COC(=O)c1ccc(C=O)nc1S(=O)(=O)NC(C)(C)C. The van der Waals surface area contributed by atoms with E-state index < -0.39 is 26.6 Å². The van der Waals surface area contributed by atoms with Crippen LogP contribution in [-0.4, -0.2) is 38.3 Å². The van der Waals surface area contributed by atoms with E-state index in [0.29, 0.717) is 6.29 Å². The van der Waals surface area contributed by atoms with Gasteiger partial charge in [-0.1, -0.05) is 0 Å². The molecule has 0 fully saturated rings. The van der Waals surface area contributed by atoms with Crippen molar-refractivity contribution in [3.63, 3.8) is 0 Å². The van der Waals surface area contributed by atoms with E-state index in [0.717, 1.165) is 7.11 Å². The summed E-state index contributed by atoms with van der Waals surface area (Å²) in [7, 11) is -2.93. The summed E-state index contributed by atoms with van der Waals surface area (Å²) in [5.41, 5.74) is -1.08. The third-order valence-electron chi connectivity index (χ3n) is 2.10. The molecule has 0 aromatic carbocycles. The number of nitrogens with zero attached hydrogens (tertiary/aromatic N) is 1. The molecule has 1 rings (SSSR count). The Bertz CT molecular complexity index is 632. The fourth-order valence-electron chi connectivity index (χ4n) is 1.44. The first kappa shape index (κ1) is 16.3. The van der Waals surface area contributed by atoms with Crippen molar-refractivity contribution in [3.05, 3.63) is 23.4 Å². The van der Waals surface area contributed by atoms with Crippen LogP contribution in [0.2, 0.25) is 0 Å². The number of hydrogen-bond donors (Lipinski definition) is 1. The zero-order valence-corrected chi connectivity index (χ0v) is 12.4. The maximum Gasteiger partial charge on any atom is 0.340 e. The number of rotatable bonds is 4. The summed E-state index contributed by atoms with van der Waals surface area (Å²) in [6.45, 7) is 4.93. The van der Waals surface area contributed by atoms with E-state index in [1.165, 1.54) is 12.1 Å². The van der Waals surface area contributed by atoms with Crippen LogP contribution < -0.4 is 4.72 Å². The normalized spacial score (nSPS) is 12.0. The smallest absolute Gasteiger partial charge is 0.340 e. The molecule has 0 saturated carbocycles. The van der Waals surface area contributed by atoms with Crippen LogP contribution in [0.3, 0.4) is 0 Å². The van der Waals surface area contributed by atoms with E-state index in [4.69, 9.17) is 0 Å². The molecule has 8 heteroatoms. The van der Waals surface area contributed by atoms with E-state index in [1.807, 2.05) is 0 Å². The monoisotopic (exact) mass is 300 g/mol. The fourth-order valence-corrected chi connectivity index (χ4v) is 3.01. The molecule has 0 unspecified atom stereocenters. The average molecular weight is 300 g/mol. The van der Waals surface area contributed by atoms with Crippen LogP contribution in [0.1, 0.15) is 41.6 Å². The summed E-state index contributed by atoms with van der Waals surface area (Å²) in [6.07, 6.45) is 0.400. The van der Waals surface area contributed by atoms with Crippen LogP contribution >= 0.6 is 0 Å². The lowest BCUT2D eigenvalue weighted by Crippen LogP contribution is -2.41. The zero-order chi connectivity index (χ0) is 15.6. The van der Waals surface area contributed by atoms with Gasteiger partial charge in [0.1, 0.15) is 5.69 Å². The van der Waals surface area contributed by atoms with E-state index in [9.17, 15) is 18.0 Å². The molecule has 7 nitrogen and oxygen atoms in total. The third-order valence-corrected chi connectivity index (χ3v) is 3.80. The van der Waals surface area contributed by atoms with Gasteiger partial charge in [0.15, 0.2) is 11.3 Å². The summed E-state index contributed by atoms with van der Waals surface area (Å²) < 4.78 is 31.4. The number of carbonyl (C=O) groups is 2. The molecule has 0 atom stereocenters. The predicted octanol–water partition coefficient (Wildman–Crippen LogP) is 0.757. The molecular weight excluding hydrogens is 284 g/mol. The first-order valence-electron chi connectivity index (χ1n) is 5.69. The molecule has 0 saturated heterocycles. The number of pyridine rings is 1. The Morgan fingerprint density at radius 1 is 1.35 bits per heavy atom. The molecule has 0 spiro atoms. The molecule has 1 aromatic heterocycles. The van der Waals surface area contributed by atoms with E-state index in [-0.39, 0.29) is 11.3 Å². The topological polar surface area (TPSA) is 102 Å². The van der Waals surface area contributed by atoms with Crippen molar-refractivity contribution in [2.24, 2.45) is 0 Å². The molecule has 0 aliphatic carbocycles. The molecule has 0 amide bonds. The molecule has 0 aliphatic rings. The highest BCUT2D eigenvalue weighted by Crippen LogP contribution is 2.17. The number of ether oxygens (including phenoxy) is 1. The van der Waals surface area contributed by atoms with Gasteiger partial charge in [0.25, 0.3) is 10.0 Å². The van der Waals surface area contributed by atoms with Crippen LogP contribution in [-0.2, 0) is 14.8 Å². The molecule has 20 heavy (non-hydrogen) atoms. The minimum absolute atomic E-state index is 0.0908. The highest BCUT2D eigenvalue weighted by Gasteiger charge is 2.29. The number of sulfonamides is 1. The largest absolute Gasteiger partial charge is 0.465 e. The number of aromatic nitrogens is 1. The van der Waals surface area contributed by atoms with Crippen LogP contribution in [0, 0.1) is 0 Å². The van der Waals surface area contributed by atoms with Gasteiger partial charge in [-0.25, -0.2) is 22.9 Å². The quantitative estimate of drug-likeness (QED) is 0.650. The van der Waals surface area contributed by atoms with Crippen LogP contribution in [0.4, 0.5) is 0 Å². The number of nitrogens with one attached hydrogen (secondary N) is 1. The second-order valence-electron chi connectivity index (χ2n) is 5.05. The first-order chi connectivity index (χ1) is 9.10. The van der Waals surface area contributed by atoms with Crippen molar-refractivity contribution in [1.29, 1.82) is 0 Å². The highest BCUT2D eigenvalue weighted by atomic mass is 32.2. The number of esters is 1. The van der Waals surface area contributed by atoms with E-state index in [2.05, 4.69) is 14.4 Å². The Morgan fingerprint density at radius 3 is 2.40 bits per heavy atom. The lowest BCUT2D eigenvalue weighted by atomic mass is 10.1. The minimum atomic E-state index is -4.06. The molecule has 1 aromatic rings. The van der Waals surface area contributed by atoms with Crippen LogP contribution in [0.25, 0.3) is 0 Å². The fraction of sp³-hybridized carbons (Fsp3) is 0.417. The van der Waals surface area contributed by atoms with Crippen molar-refractivity contribution in [2.75, 3.05) is 7.11 Å². The summed E-state index contributed by atoms with van der Waals surface area (Å²) >= 11 is 0. The Labute approximate surface area is 117 Å². The maximum atomic E-state index is 12.3. The van der Waals surface area contributed by atoms with Gasteiger partial charge in [0.05, 0.1) is 12.7 Å². The van der Waals surface area contributed by atoms with Crippen molar-refractivity contribution in [2.45, 2.75) is 31.3 Å². The van der Waals surface area contributed by atoms with Gasteiger partial charge >= 0.3 is 5.97 Å². The van der Waals surface area contributed by atoms with Crippen molar-refractivity contribution in [1.82, 2.24) is 9.71 Å². The standard InChI is InChI=1S/C12H16N2O5S/c1-12(2,3)14-20(17,18)10-9(11(16)19-4)6-5-8(7-15)13-10/h5-7,14H,1-4H3. The summed E-state index contributed by atoms with van der Waals surface area (Å²) in [4.78, 5) is 26.0. The summed E-state index contributed by atoms with van der Waals surface area (Å²) in [5.74, 6) is -0.843. The zero-order valence-electron chi connectivity index (χ0n) is 11.6. The van der Waals surface area contributed by atoms with Crippen LogP contribution in [0.15, 0.2) is 17.2 Å². The Balaban J connectivity index is 3.47. The third kappa shape index (κ3) is 3.84. The molecule has 0 radical (unpaired) electrons. The van der Waals surface area contributed by atoms with Crippen LogP contribution in [0.5, 0.6) is 0 Å². The first-order valence-corrected chi connectivity index (χ1v) is 7.17. The lowest BCUT2D eigenvalue weighted by Gasteiger charge is -2.20. The molecule has 0 aliphatic heterocycles. The Kier molecular flexibility index (Phi) is 4.61. The Morgan fingerprint density at radius 2 is 1.95 bits per heavy atom. The van der Waals surface area contributed by atoms with E-state index >= 15 is 0 Å². The lowest BCUT2D eigenvalue weighted by molar-refractivity contribution is 0.0595. The predicted molar refractivity (Wildman–Crippen MR) is 71.0 cm³/mol. The number of aldehydes is 1. The second kappa shape index (κ2) is 5.68. The van der Waals surface area contributed by atoms with Gasteiger partial charge in [-0.15, -0.1) is 0 Å². The number of carbonyl (C=O) groups excluding carboxylic acids is 2. The van der Waals surface area contributed by atoms with E-state index in [1.54, 1.807) is 20.8 Å². The van der Waals surface area contributed by atoms with Crippen molar-refractivity contribution < 1.29 is 22.7 Å². The molecule has 1 N–H and O–H groups in total. The van der Waals surface area contributed by atoms with Gasteiger partial charge in [-0.3, -0.25) is 4.79 Å². The van der Waals surface area contributed by atoms with Gasteiger partial charge in [-0.05, 0) is 32.9 Å². The van der Waals surface area contributed by atoms with Crippen molar-refractivity contribution >= 4 is 22.3 Å². The average Bonchev–Trinajstić information content (AvgIpc) is 2.34. The molecule has 110 valence electrons. The van der Waals surface area contributed by atoms with Gasteiger partial charge in [0.2, 0.25) is 0 Å². The number of methoxy groups -OCH3 is 1. The summed E-state index contributed by atoms with van der Waals surface area (Å²) in [6, 6.07) is 2.44. The minimum Gasteiger partial charge on any atom is -0.465 e. The maximum absolute atomic E-state index is 12.3. The Hall–Kier alpha value is -1.80. The van der Waals surface area contributed by atoms with Gasteiger partial charge in [-0.2, -0.15) is 0 Å². The molecule has 1 heterocycles. The number of hydrogen-bond acceptors (Lipinski definition) is 6. The van der Waals surface area contributed by atoms with Gasteiger partial charge in [0, 0.05) is 5.54 Å². The summed E-state index contributed by atoms with van der Waals surface area (Å²) in [5, 5.41) is -0.524. The molecule has 0 bridgehead atoms. The second-order valence-corrected chi connectivity index (χ2v) is 6.65. The van der Waals surface area contributed by atoms with Crippen molar-refractivity contribution in [3.8, 4) is 0 Å².